The van der Waals surface area contributed by atoms with Crippen molar-refractivity contribution in [2.24, 2.45) is 5.92 Å². The van der Waals surface area contributed by atoms with Crippen molar-refractivity contribution in [2.75, 3.05) is 17.6 Å². The van der Waals surface area contributed by atoms with Crippen molar-refractivity contribution in [1.82, 2.24) is 0 Å². The summed E-state index contributed by atoms with van der Waals surface area (Å²) in [4.78, 5) is 12.5. The lowest BCUT2D eigenvalue weighted by molar-refractivity contribution is 0.0972. The summed E-state index contributed by atoms with van der Waals surface area (Å²) < 4.78 is 0. The Balaban J connectivity index is 2.13. The van der Waals surface area contributed by atoms with Gasteiger partial charge >= 0.3 is 0 Å². The van der Waals surface area contributed by atoms with E-state index in [0.29, 0.717) is 17.1 Å². The first-order valence-corrected chi connectivity index (χ1v) is 5.82. The molecule has 0 atom stereocenters. The lowest BCUT2D eigenvalue weighted by atomic mass is 10.2. The molecule has 0 spiro atoms. The van der Waals surface area contributed by atoms with Gasteiger partial charge in [-0.15, -0.1) is 17.9 Å². The van der Waals surface area contributed by atoms with Gasteiger partial charge in [0.05, 0.1) is 15.6 Å². The van der Waals surface area contributed by atoms with Crippen LogP contribution in [0, 0.1) is 5.92 Å². The van der Waals surface area contributed by atoms with E-state index >= 15 is 0 Å². The van der Waals surface area contributed by atoms with E-state index in [1.165, 1.54) is 11.3 Å². The first-order chi connectivity index (χ1) is 7.22. The minimum Gasteiger partial charge on any atom is -0.397 e. The fourth-order valence-electron chi connectivity index (χ4n) is 1.39. The van der Waals surface area contributed by atoms with Crippen LogP contribution < -0.4 is 11.1 Å². The van der Waals surface area contributed by atoms with Gasteiger partial charge in [-0.3, -0.25) is 4.79 Å². The van der Waals surface area contributed by atoms with Gasteiger partial charge in [-0.2, -0.15) is 0 Å². The van der Waals surface area contributed by atoms with Crippen LogP contribution >= 0.6 is 11.3 Å². The lowest BCUT2D eigenvalue weighted by Crippen LogP contribution is -2.01. The number of hydrogen-bond acceptors (Lipinski definition) is 4. The Bertz CT molecular complexity index is 393. The predicted molar refractivity (Wildman–Crippen MR) is 64.5 cm³/mol. The maximum Gasteiger partial charge on any atom is 0.178 e. The van der Waals surface area contributed by atoms with Crippen molar-refractivity contribution in [3.05, 3.63) is 23.6 Å². The molecule has 3 N–H and O–H groups in total. The average Bonchev–Trinajstić information content (AvgIpc) is 2.99. The third kappa shape index (κ3) is 2.21. The third-order valence-corrected chi connectivity index (χ3v) is 3.48. The van der Waals surface area contributed by atoms with Gasteiger partial charge in [0, 0.05) is 12.5 Å². The number of thiophene rings is 1. The van der Waals surface area contributed by atoms with Crippen molar-refractivity contribution in [2.45, 2.75) is 12.8 Å². The molecule has 0 aromatic carbocycles. The van der Waals surface area contributed by atoms with Crippen molar-refractivity contribution < 1.29 is 4.79 Å². The number of nitrogens with one attached hydrogen (secondary N) is 1. The highest BCUT2D eigenvalue weighted by molar-refractivity contribution is 7.18. The van der Waals surface area contributed by atoms with Crippen molar-refractivity contribution >= 4 is 27.8 Å². The molecule has 1 aromatic rings. The Hall–Kier alpha value is -1.29. The van der Waals surface area contributed by atoms with E-state index in [2.05, 4.69) is 11.9 Å². The highest BCUT2D eigenvalue weighted by Crippen LogP contribution is 2.38. The fraction of sp³-hybridized carbons (Fsp3) is 0.364. The molecule has 3 nitrogen and oxygen atoms in total. The molecule has 1 fully saturated rings. The molecule has 0 bridgehead atoms. The van der Waals surface area contributed by atoms with Gasteiger partial charge in [0.2, 0.25) is 0 Å². The van der Waals surface area contributed by atoms with Gasteiger partial charge in [0.25, 0.3) is 0 Å². The van der Waals surface area contributed by atoms with Crippen LogP contribution in [0.4, 0.5) is 10.7 Å². The molecule has 2 rings (SSSR count). The number of nitrogen functional groups attached to an aromatic ring is 1. The van der Waals surface area contributed by atoms with Crippen LogP contribution in [-0.4, -0.2) is 12.3 Å². The molecule has 80 valence electrons. The zero-order chi connectivity index (χ0) is 10.8. The second-order valence-electron chi connectivity index (χ2n) is 3.70. The molecular weight excluding hydrogens is 208 g/mol. The Morgan fingerprint density at radius 2 is 2.47 bits per heavy atom. The standard InChI is InChI=1S/C11H14N2OS/c1-2-5-13-9-6-8(12)11(15-9)10(14)7-3-4-7/h2,6-7,13H,1,3-5,12H2. The molecule has 0 radical (unpaired) electrons. The van der Waals surface area contributed by atoms with Gasteiger partial charge in [-0.05, 0) is 18.9 Å². The summed E-state index contributed by atoms with van der Waals surface area (Å²) in [5.74, 6) is 0.447. The summed E-state index contributed by atoms with van der Waals surface area (Å²) in [5.41, 5.74) is 6.40. The minimum absolute atomic E-state index is 0.212. The molecular formula is C11H14N2OS. The topological polar surface area (TPSA) is 55.1 Å². The predicted octanol–water partition coefficient (Wildman–Crippen LogP) is 2.52. The number of carbonyl (C=O) groups is 1. The van der Waals surface area contributed by atoms with E-state index in [1.54, 1.807) is 6.08 Å². The van der Waals surface area contributed by atoms with Crippen LogP contribution in [0.1, 0.15) is 22.5 Å². The molecule has 0 aliphatic heterocycles. The average molecular weight is 222 g/mol. The van der Waals surface area contributed by atoms with Crippen LogP contribution in [0.3, 0.4) is 0 Å². The lowest BCUT2D eigenvalue weighted by Gasteiger charge is -1.96. The zero-order valence-electron chi connectivity index (χ0n) is 8.45. The molecule has 1 aliphatic carbocycles. The Morgan fingerprint density at radius 1 is 1.73 bits per heavy atom. The van der Waals surface area contributed by atoms with E-state index in [-0.39, 0.29) is 11.7 Å². The maximum absolute atomic E-state index is 11.8. The summed E-state index contributed by atoms with van der Waals surface area (Å²) in [6.45, 7) is 4.31. The summed E-state index contributed by atoms with van der Waals surface area (Å²) in [6, 6.07) is 1.82. The SMILES string of the molecule is C=CCNc1cc(N)c(C(=O)C2CC2)s1. The van der Waals surface area contributed by atoms with Gasteiger partial charge < -0.3 is 11.1 Å². The highest BCUT2D eigenvalue weighted by Gasteiger charge is 2.32. The first-order valence-electron chi connectivity index (χ1n) is 5.00. The van der Waals surface area contributed by atoms with Crippen molar-refractivity contribution in [3.8, 4) is 0 Å². The highest BCUT2D eigenvalue weighted by atomic mass is 32.1. The normalized spacial score (nSPS) is 14.9. The molecule has 15 heavy (non-hydrogen) atoms. The maximum atomic E-state index is 11.8. The molecule has 1 saturated carbocycles. The Labute approximate surface area is 93.0 Å². The largest absolute Gasteiger partial charge is 0.397 e. The summed E-state index contributed by atoms with van der Waals surface area (Å²) in [6.07, 6.45) is 3.81. The number of hydrogen-bond donors (Lipinski definition) is 2. The molecule has 0 amide bonds. The number of Topliss-reactive ketones (excluding diaryl/α,β-unsaturated/α-hetero) is 1. The van der Waals surface area contributed by atoms with E-state index in [9.17, 15) is 4.79 Å². The van der Waals surface area contributed by atoms with E-state index in [4.69, 9.17) is 5.73 Å². The minimum atomic E-state index is 0.212. The quantitative estimate of drug-likeness (QED) is 0.594. The Morgan fingerprint density at radius 3 is 3.07 bits per heavy atom. The summed E-state index contributed by atoms with van der Waals surface area (Å²) >= 11 is 1.44. The summed E-state index contributed by atoms with van der Waals surface area (Å²) in [7, 11) is 0. The van der Waals surface area contributed by atoms with Crippen molar-refractivity contribution in [3.63, 3.8) is 0 Å². The smallest absolute Gasteiger partial charge is 0.178 e. The number of ketones is 1. The van der Waals surface area contributed by atoms with Crippen molar-refractivity contribution in [1.29, 1.82) is 0 Å². The van der Waals surface area contributed by atoms with Gasteiger partial charge in [0.15, 0.2) is 5.78 Å². The number of carbonyl (C=O) groups excluding carboxylic acids is 1. The second-order valence-corrected chi connectivity index (χ2v) is 4.76. The molecule has 0 saturated heterocycles. The zero-order valence-corrected chi connectivity index (χ0v) is 9.27. The monoisotopic (exact) mass is 222 g/mol. The molecule has 1 aliphatic rings. The van der Waals surface area contributed by atoms with Crippen LogP contribution in [0.15, 0.2) is 18.7 Å². The van der Waals surface area contributed by atoms with E-state index < -0.39 is 0 Å². The molecule has 0 unspecified atom stereocenters. The molecule has 4 heteroatoms. The number of nitrogens with two attached hydrogens (primary N) is 1. The number of rotatable bonds is 5. The Kier molecular flexibility index (Phi) is 2.77. The number of anilines is 2. The van der Waals surface area contributed by atoms with Gasteiger partial charge in [0.1, 0.15) is 0 Å². The second kappa shape index (κ2) is 4.06. The van der Waals surface area contributed by atoms with Gasteiger partial charge in [-0.1, -0.05) is 6.08 Å². The van der Waals surface area contributed by atoms with E-state index in [0.717, 1.165) is 17.8 Å². The van der Waals surface area contributed by atoms with Gasteiger partial charge in [-0.25, -0.2) is 0 Å². The van der Waals surface area contributed by atoms with Crippen LogP contribution in [0.25, 0.3) is 0 Å². The van der Waals surface area contributed by atoms with Crippen LogP contribution in [0.2, 0.25) is 0 Å². The van der Waals surface area contributed by atoms with E-state index in [1.807, 2.05) is 6.07 Å². The fourth-order valence-corrected chi connectivity index (χ4v) is 2.39. The van der Waals surface area contributed by atoms with Crippen LogP contribution in [-0.2, 0) is 0 Å². The third-order valence-electron chi connectivity index (χ3n) is 2.35. The summed E-state index contributed by atoms with van der Waals surface area (Å²) in [5, 5.41) is 4.08. The van der Waals surface area contributed by atoms with Crippen LogP contribution in [0.5, 0.6) is 0 Å². The molecule has 1 aromatic heterocycles. The first kappa shape index (κ1) is 10.2. The molecule has 1 heterocycles.